The summed E-state index contributed by atoms with van der Waals surface area (Å²) in [6.07, 6.45) is -0.722. The van der Waals surface area contributed by atoms with Gasteiger partial charge in [0.15, 0.2) is 11.9 Å². The van der Waals surface area contributed by atoms with E-state index in [1.165, 1.54) is 21.7 Å². The Kier molecular flexibility index (Phi) is 19.4. The largest absolute Gasteiger partial charge is 0.456 e. The molecule has 2 aromatic carbocycles. The van der Waals surface area contributed by atoms with Crippen LogP contribution in [-0.2, 0) is 59.0 Å². The average molecular weight is 1180 g/mol. The molecular formula is C65H91N7O13. The van der Waals surface area contributed by atoms with Crippen molar-refractivity contribution in [3.63, 3.8) is 0 Å². The van der Waals surface area contributed by atoms with Crippen molar-refractivity contribution in [1.82, 2.24) is 35.6 Å². The number of benzene rings is 2. The summed E-state index contributed by atoms with van der Waals surface area (Å²) in [4.78, 5) is 152. The number of likely N-dealkylation sites (N-methyl/N-ethyl adjacent to an activating group) is 2. The van der Waals surface area contributed by atoms with E-state index in [0.717, 1.165) is 0 Å². The predicted octanol–water partition coefficient (Wildman–Crippen LogP) is 5.14. The van der Waals surface area contributed by atoms with Crippen LogP contribution in [0.25, 0.3) is 0 Å². The zero-order valence-corrected chi connectivity index (χ0v) is 51.8. The van der Waals surface area contributed by atoms with Gasteiger partial charge in [0.2, 0.25) is 35.4 Å². The standard InChI is InChI=1S/C65H91N7O13/c1-13-44-40(10)65(44)51(73)34-52(74)84-54(38(6)7)56(77)66-45(31-36(2)3)58(79)72-30-18-22-47(72)60(81)70(12)49(33-41-23-25-43(26-24-41)53(75)42-19-15-14-16-20-42)61(82)85-63(27-28-63)64(62(83)68-65)35-50(64)67-55(76)48(32-37(4)5)69(11)59(80)46-21-17-29-71(46)57(78)39(8)9/h14-16,19-20,23-26,36-40,44-51,54,73H,13,17-18,21-22,27-35H2,1-12H3,(H,66,77)(H,67,76)(H,68,83)/t40-,44?,45-,46-,47-,48+,49-,50?,51-,54-,64?,65?/m0/s1. The zero-order valence-electron chi connectivity index (χ0n) is 51.8. The molecule has 3 saturated carbocycles. The van der Waals surface area contributed by atoms with Crippen LogP contribution >= 0.6 is 0 Å². The molecule has 3 aliphatic carbocycles. The van der Waals surface area contributed by atoms with Crippen LogP contribution in [0.2, 0.25) is 0 Å². The SMILES string of the molecule is CCC1[C@H](C)C12NC(=O)C1(CC1NC(=O)[C@@H](CC(C)C)N(C)C(=O)[C@@H]1CCCN1C(=O)C(C)C)C1(CC1)OC(=O)[C@H](Cc1ccc(C(=O)c3ccccc3)cc1)N(C)C(=O)[C@@H]1CCCN1C(=O)[C@H](CC(C)C)NC(=O)[C@H](C(C)C)OC(=O)C[C@@H]2O. The van der Waals surface area contributed by atoms with Gasteiger partial charge in [0, 0.05) is 56.7 Å². The Hall–Kier alpha value is -6.70. The lowest BCUT2D eigenvalue weighted by atomic mass is 9.91. The Morgan fingerprint density at radius 2 is 1.49 bits per heavy atom. The lowest BCUT2D eigenvalue weighted by Crippen LogP contribution is -2.59. The van der Waals surface area contributed by atoms with Crippen molar-refractivity contribution in [1.29, 1.82) is 0 Å². The van der Waals surface area contributed by atoms with Gasteiger partial charge in [-0.2, -0.15) is 0 Å². The van der Waals surface area contributed by atoms with Crippen molar-refractivity contribution in [2.75, 3.05) is 27.2 Å². The quantitative estimate of drug-likeness (QED) is 0.133. The van der Waals surface area contributed by atoms with Gasteiger partial charge in [0.05, 0.1) is 18.1 Å². The number of fused-ring (bicyclic) bond motifs is 2. The minimum atomic E-state index is -1.67. The van der Waals surface area contributed by atoms with Gasteiger partial charge in [-0.05, 0) is 92.9 Å². The Morgan fingerprint density at radius 3 is 2.08 bits per heavy atom. The molecule has 0 bridgehead atoms. The minimum absolute atomic E-state index is 0.0270. The van der Waals surface area contributed by atoms with E-state index in [2.05, 4.69) is 16.0 Å². The summed E-state index contributed by atoms with van der Waals surface area (Å²) < 4.78 is 12.6. The van der Waals surface area contributed by atoms with Crippen LogP contribution in [0, 0.1) is 40.9 Å². The molecule has 20 nitrogen and oxygen atoms in total. The van der Waals surface area contributed by atoms with E-state index < -0.39 is 119 Å². The number of hydrogen-bond acceptors (Lipinski definition) is 13. The first kappa shape index (κ1) is 64.3. The van der Waals surface area contributed by atoms with Crippen LogP contribution in [-0.4, -0.2) is 171 Å². The van der Waals surface area contributed by atoms with E-state index in [-0.39, 0.29) is 98.7 Å². The van der Waals surface area contributed by atoms with Gasteiger partial charge in [0.1, 0.15) is 41.2 Å². The maximum absolute atomic E-state index is 15.8. The van der Waals surface area contributed by atoms with Crippen LogP contribution < -0.4 is 16.0 Å². The second-order valence-electron chi connectivity index (χ2n) is 26.6. The number of rotatable bonds is 15. The molecular weight excluding hydrogens is 1090 g/mol. The van der Waals surface area contributed by atoms with Crippen LogP contribution in [0.15, 0.2) is 54.6 Å². The van der Waals surface area contributed by atoms with Crippen molar-refractivity contribution >= 4 is 59.1 Å². The molecule has 3 heterocycles. The molecule has 8 rings (SSSR count). The van der Waals surface area contributed by atoms with E-state index in [1.54, 1.807) is 88.2 Å². The molecule has 2 aromatic rings. The van der Waals surface area contributed by atoms with E-state index >= 15 is 19.2 Å². The summed E-state index contributed by atoms with van der Waals surface area (Å²) in [5.74, 6) is -7.41. The lowest BCUT2D eigenvalue weighted by Gasteiger charge is -2.36. The van der Waals surface area contributed by atoms with Crippen LogP contribution in [0.4, 0.5) is 0 Å². The van der Waals surface area contributed by atoms with Gasteiger partial charge in [0.25, 0.3) is 5.91 Å². The van der Waals surface area contributed by atoms with Gasteiger partial charge < -0.3 is 50.1 Å². The van der Waals surface area contributed by atoms with E-state index in [9.17, 15) is 33.9 Å². The molecule has 0 aromatic heterocycles. The Labute approximate surface area is 500 Å². The highest BCUT2D eigenvalue weighted by molar-refractivity contribution is 6.09. The van der Waals surface area contributed by atoms with Crippen molar-refractivity contribution in [2.45, 2.75) is 206 Å². The lowest BCUT2D eigenvalue weighted by molar-refractivity contribution is -0.168. The number of aliphatic hydroxyl groups is 1. The molecule has 464 valence electrons. The van der Waals surface area contributed by atoms with Crippen LogP contribution in [0.3, 0.4) is 0 Å². The number of likely N-dealkylation sites (tertiary alicyclic amines) is 1. The van der Waals surface area contributed by atoms with Crippen molar-refractivity contribution in [3.05, 3.63) is 71.3 Å². The fourth-order valence-electron chi connectivity index (χ4n) is 14.1. The fourth-order valence-corrected chi connectivity index (χ4v) is 14.1. The number of carbonyl (C=O) groups excluding carboxylic acids is 10. The predicted molar refractivity (Wildman–Crippen MR) is 314 cm³/mol. The highest BCUT2D eigenvalue weighted by Gasteiger charge is 2.80. The van der Waals surface area contributed by atoms with E-state index in [4.69, 9.17) is 9.47 Å². The van der Waals surface area contributed by atoms with Gasteiger partial charge >= 0.3 is 11.9 Å². The summed E-state index contributed by atoms with van der Waals surface area (Å²) >= 11 is 0. The number of aliphatic hydroxyl groups excluding tert-OH is 1. The molecule has 7 amide bonds. The topological polar surface area (TPSA) is 258 Å². The number of ketones is 1. The average Bonchev–Trinajstić information content (AvgIpc) is 1.51. The van der Waals surface area contributed by atoms with Gasteiger partial charge in [-0.3, -0.25) is 43.2 Å². The first-order chi connectivity index (χ1) is 40.1. The number of nitrogens with one attached hydrogen (secondary N) is 3. The first-order valence-electron chi connectivity index (χ1n) is 31.0. The monoisotopic (exact) mass is 1180 g/mol. The maximum atomic E-state index is 15.8. The normalized spacial score (nSPS) is 30.3. The first-order valence-corrected chi connectivity index (χ1v) is 31.0. The van der Waals surface area contributed by atoms with Crippen molar-refractivity contribution in [3.8, 4) is 0 Å². The summed E-state index contributed by atoms with van der Waals surface area (Å²) in [7, 11) is 3.02. The Balaban J connectivity index is 1.19. The van der Waals surface area contributed by atoms with Gasteiger partial charge in [-0.1, -0.05) is 130 Å². The second kappa shape index (κ2) is 25.7. The minimum Gasteiger partial charge on any atom is -0.456 e. The van der Waals surface area contributed by atoms with Crippen LogP contribution in [0.5, 0.6) is 0 Å². The van der Waals surface area contributed by atoms with Crippen LogP contribution in [0.1, 0.15) is 161 Å². The number of esters is 2. The van der Waals surface area contributed by atoms with Crippen molar-refractivity contribution < 1.29 is 62.5 Å². The third-order valence-electron chi connectivity index (χ3n) is 19.2. The molecule has 12 atom stereocenters. The van der Waals surface area contributed by atoms with E-state index in [0.29, 0.717) is 48.9 Å². The molecule has 4 N–H and O–H groups in total. The second-order valence-corrected chi connectivity index (χ2v) is 26.6. The fraction of sp³-hybridized carbons (Fsp3) is 0.662. The number of cyclic esters (lactones) is 1. The summed E-state index contributed by atoms with van der Waals surface area (Å²) in [5, 5.41) is 21.5. The third kappa shape index (κ3) is 12.9. The smallest absolute Gasteiger partial charge is 0.329 e. The Bertz CT molecular complexity index is 2870. The van der Waals surface area contributed by atoms with Gasteiger partial charge in [-0.25, -0.2) is 4.79 Å². The highest BCUT2D eigenvalue weighted by atomic mass is 16.6. The third-order valence-corrected chi connectivity index (χ3v) is 19.2. The number of amides is 7. The molecule has 0 radical (unpaired) electrons. The molecule has 3 aliphatic heterocycles. The summed E-state index contributed by atoms with van der Waals surface area (Å²) in [6, 6.07) is 9.13. The molecule has 85 heavy (non-hydrogen) atoms. The molecule has 6 fully saturated rings. The number of carbonyl (C=O) groups is 10. The van der Waals surface area contributed by atoms with Gasteiger partial charge in [-0.15, -0.1) is 0 Å². The van der Waals surface area contributed by atoms with Crippen molar-refractivity contribution in [2.24, 2.45) is 40.9 Å². The molecule has 20 heteroatoms. The molecule has 3 spiro atoms. The summed E-state index contributed by atoms with van der Waals surface area (Å²) in [6.45, 7) is 18.9. The summed E-state index contributed by atoms with van der Waals surface area (Å²) in [5.41, 5.74) is -3.22. The molecule has 3 saturated heterocycles. The van der Waals surface area contributed by atoms with E-state index in [1.807, 2.05) is 47.6 Å². The number of ether oxygens (including phenoxy) is 2. The Morgan fingerprint density at radius 1 is 0.847 bits per heavy atom. The number of nitrogens with zero attached hydrogens (tertiary/aromatic N) is 4. The number of hydrogen-bond donors (Lipinski definition) is 4. The highest BCUT2D eigenvalue weighted by Crippen LogP contribution is 2.67. The zero-order chi connectivity index (χ0) is 62.2. The molecule has 4 unspecified atom stereocenters. The maximum Gasteiger partial charge on any atom is 0.329 e. The molecule has 6 aliphatic rings.